The number of alkyl halides is 2. The molecule has 27 heavy (non-hydrogen) atoms. The molecule has 0 unspecified atom stereocenters. The van der Waals surface area contributed by atoms with Gasteiger partial charge in [0, 0.05) is 42.8 Å². The number of nitrogens with zero attached hydrogens (tertiary/aromatic N) is 1. The Kier molecular flexibility index (Phi) is 4.70. The maximum atomic E-state index is 13.5. The molecule has 2 aromatic rings. The van der Waals surface area contributed by atoms with Crippen LogP contribution in [0, 0.1) is 0 Å². The molecule has 1 aliphatic heterocycles. The predicted molar refractivity (Wildman–Crippen MR) is 99.8 cm³/mol. The number of benzene rings is 1. The van der Waals surface area contributed by atoms with Crippen LogP contribution in [0.2, 0.25) is 0 Å². The summed E-state index contributed by atoms with van der Waals surface area (Å²) in [6.07, 6.45) is 6.48. The van der Waals surface area contributed by atoms with Crippen molar-refractivity contribution in [3.8, 4) is 0 Å². The second kappa shape index (κ2) is 7.02. The number of amides is 1. The van der Waals surface area contributed by atoms with Crippen LogP contribution in [0.25, 0.3) is 0 Å². The summed E-state index contributed by atoms with van der Waals surface area (Å²) in [4.78, 5) is 16.3. The minimum absolute atomic E-state index is 0.0104. The molecular weight excluding hydrogens is 346 g/mol. The summed E-state index contributed by atoms with van der Waals surface area (Å²) in [5.41, 5.74) is 3.16. The SMILES string of the molecule is CC(F)(F)c1ccc([C@@H](C[C@H]2CCC(=O)N2)c2ccc(C3CC3)cn2)cc1. The lowest BCUT2D eigenvalue weighted by Gasteiger charge is -2.22. The summed E-state index contributed by atoms with van der Waals surface area (Å²) in [7, 11) is 0. The Labute approximate surface area is 158 Å². The van der Waals surface area contributed by atoms with Gasteiger partial charge >= 0.3 is 0 Å². The van der Waals surface area contributed by atoms with E-state index < -0.39 is 5.92 Å². The Morgan fingerprint density at radius 1 is 1.15 bits per heavy atom. The molecule has 0 bridgehead atoms. The molecule has 1 amide bonds. The average molecular weight is 370 g/mol. The lowest BCUT2D eigenvalue weighted by atomic mass is 9.87. The molecule has 1 aromatic carbocycles. The third-order valence-corrected chi connectivity index (χ3v) is 5.64. The van der Waals surface area contributed by atoms with Gasteiger partial charge in [-0.25, -0.2) is 8.78 Å². The average Bonchev–Trinajstić information content (AvgIpc) is 3.42. The first kappa shape index (κ1) is 18.1. The zero-order valence-corrected chi connectivity index (χ0v) is 15.4. The Balaban J connectivity index is 1.61. The van der Waals surface area contributed by atoms with Crippen molar-refractivity contribution < 1.29 is 13.6 Å². The van der Waals surface area contributed by atoms with E-state index in [4.69, 9.17) is 0 Å². The monoisotopic (exact) mass is 370 g/mol. The Bertz CT molecular complexity index is 808. The van der Waals surface area contributed by atoms with E-state index in [1.807, 2.05) is 6.20 Å². The smallest absolute Gasteiger partial charge is 0.270 e. The molecule has 0 spiro atoms. The Morgan fingerprint density at radius 3 is 2.41 bits per heavy atom. The first-order chi connectivity index (χ1) is 12.9. The van der Waals surface area contributed by atoms with Crippen LogP contribution in [0.1, 0.15) is 73.2 Å². The summed E-state index contributed by atoms with van der Waals surface area (Å²) in [6, 6.07) is 10.8. The van der Waals surface area contributed by atoms with E-state index in [0.29, 0.717) is 12.3 Å². The summed E-state index contributed by atoms with van der Waals surface area (Å²) in [5.74, 6) is -2.15. The zero-order valence-electron chi connectivity index (χ0n) is 15.4. The summed E-state index contributed by atoms with van der Waals surface area (Å²) in [5, 5.41) is 3.01. The van der Waals surface area contributed by atoms with Crippen molar-refractivity contribution in [1.82, 2.24) is 10.3 Å². The van der Waals surface area contributed by atoms with E-state index >= 15 is 0 Å². The summed E-state index contributed by atoms with van der Waals surface area (Å²) in [6.45, 7) is 0.908. The first-order valence-electron chi connectivity index (χ1n) is 9.63. The molecule has 1 saturated heterocycles. The standard InChI is InChI=1S/C22H24F2N2O/c1-22(23,24)17-7-4-15(5-8-17)19(12-18-9-11-21(27)26-18)20-10-6-16(13-25-20)14-2-3-14/h4-8,10,13-14,18-19H,2-3,9,11-12H2,1H3,(H,26,27)/t18-,19-/m1/s1. The van der Waals surface area contributed by atoms with Gasteiger partial charge in [-0.05, 0) is 48.8 Å². The van der Waals surface area contributed by atoms with Crippen molar-refractivity contribution in [1.29, 1.82) is 0 Å². The van der Waals surface area contributed by atoms with Crippen LogP contribution in [0.5, 0.6) is 0 Å². The fourth-order valence-electron chi connectivity index (χ4n) is 3.86. The van der Waals surface area contributed by atoms with Gasteiger partial charge in [-0.2, -0.15) is 0 Å². The Morgan fingerprint density at radius 2 is 1.89 bits per heavy atom. The summed E-state index contributed by atoms with van der Waals surface area (Å²) >= 11 is 0. The van der Waals surface area contributed by atoms with Crippen LogP contribution in [0.3, 0.4) is 0 Å². The quantitative estimate of drug-likeness (QED) is 0.788. The van der Waals surface area contributed by atoms with Crippen LogP contribution >= 0.6 is 0 Å². The van der Waals surface area contributed by atoms with Crippen LogP contribution in [0.4, 0.5) is 8.78 Å². The minimum atomic E-state index is -2.85. The van der Waals surface area contributed by atoms with Gasteiger partial charge in [0.05, 0.1) is 0 Å². The second-order valence-corrected chi connectivity index (χ2v) is 7.89. The number of carbonyl (C=O) groups is 1. The van der Waals surface area contributed by atoms with Gasteiger partial charge < -0.3 is 5.32 Å². The van der Waals surface area contributed by atoms with Crippen LogP contribution in [0.15, 0.2) is 42.6 Å². The number of hydrogen-bond donors (Lipinski definition) is 1. The zero-order chi connectivity index (χ0) is 19.0. The molecule has 2 fully saturated rings. The largest absolute Gasteiger partial charge is 0.353 e. The lowest BCUT2D eigenvalue weighted by molar-refractivity contribution is -0.119. The maximum absolute atomic E-state index is 13.5. The second-order valence-electron chi connectivity index (χ2n) is 7.89. The molecule has 1 aromatic heterocycles. The molecule has 0 radical (unpaired) electrons. The van der Waals surface area contributed by atoms with E-state index in [0.717, 1.165) is 31.0 Å². The fourth-order valence-corrected chi connectivity index (χ4v) is 3.86. The number of aromatic nitrogens is 1. The van der Waals surface area contributed by atoms with Crippen molar-refractivity contribution >= 4 is 5.91 Å². The van der Waals surface area contributed by atoms with Gasteiger partial charge in [-0.1, -0.05) is 30.3 Å². The third kappa shape index (κ3) is 4.18. The number of hydrogen-bond acceptors (Lipinski definition) is 2. The number of halogens is 2. The van der Waals surface area contributed by atoms with Crippen LogP contribution < -0.4 is 5.32 Å². The Hall–Kier alpha value is -2.30. The number of pyridine rings is 1. The van der Waals surface area contributed by atoms with Gasteiger partial charge in [0.15, 0.2) is 0 Å². The van der Waals surface area contributed by atoms with E-state index in [-0.39, 0.29) is 23.4 Å². The third-order valence-electron chi connectivity index (χ3n) is 5.64. The van der Waals surface area contributed by atoms with Crippen molar-refractivity contribution in [2.75, 3.05) is 0 Å². The van der Waals surface area contributed by atoms with Crippen molar-refractivity contribution in [2.24, 2.45) is 0 Å². The van der Waals surface area contributed by atoms with Crippen molar-refractivity contribution in [2.45, 2.75) is 62.8 Å². The highest BCUT2D eigenvalue weighted by Gasteiger charge is 2.29. The van der Waals surface area contributed by atoms with Gasteiger partial charge in [0.1, 0.15) is 0 Å². The first-order valence-corrected chi connectivity index (χ1v) is 9.63. The molecule has 142 valence electrons. The topological polar surface area (TPSA) is 42.0 Å². The maximum Gasteiger partial charge on any atom is 0.270 e. The molecular formula is C22H24F2N2O. The highest BCUT2D eigenvalue weighted by atomic mass is 19.3. The molecule has 2 heterocycles. The molecule has 2 aliphatic rings. The van der Waals surface area contributed by atoms with Gasteiger partial charge in [0.25, 0.3) is 5.92 Å². The van der Waals surface area contributed by atoms with E-state index in [1.54, 1.807) is 12.1 Å². The van der Waals surface area contributed by atoms with E-state index in [9.17, 15) is 13.6 Å². The molecule has 2 atom stereocenters. The summed E-state index contributed by atoms with van der Waals surface area (Å²) < 4.78 is 27.1. The van der Waals surface area contributed by atoms with Gasteiger partial charge in [0.2, 0.25) is 5.91 Å². The normalized spacial score (nSPS) is 21.1. The predicted octanol–water partition coefficient (Wildman–Crippen LogP) is 4.87. The fraction of sp³-hybridized carbons (Fsp3) is 0.455. The van der Waals surface area contributed by atoms with Gasteiger partial charge in [-0.15, -0.1) is 0 Å². The minimum Gasteiger partial charge on any atom is -0.353 e. The molecule has 5 heteroatoms. The number of carbonyl (C=O) groups excluding carboxylic acids is 1. The molecule has 3 nitrogen and oxygen atoms in total. The highest BCUT2D eigenvalue weighted by Crippen LogP contribution is 2.40. The molecule has 1 aliphatic carbocycles. The molecule has 1 N–H and O–H groups in total. The highest BCUT2D eigenvalue weighted by molar-refractivity contribution is 5.78. The van der Waals surface area contributed by atoms with Gasteiger partial charge in [-0.3, -0.25) is 9.78 Å². The number of nitrogens with one attached hydrogen (secondary N) is 1. The van der Waals surface area contributed by atoms with Crippen molar-refractivity contribution in [3.05, 3.63) is 65.0 Å². The lowest BCUT2D eigenvalue weighted by Crippen LogP contribution is -2.27. The van der Waals surface area contributed by atoms with Crippen molar-refractivity contribution in [3.63, 3.8) is 0 Å². The van der Waals surface area contributed by atoms with E-state index in [1.165, 1.54) is 30.5 Å². The van der Waals surface area contributed by atoms with Crippen LogP contribution in [-0.2, 0) is 10.7 Å². The number of rotatable bonds is 6. The molecule has 1 saturated carbocycles. The van der Waals surface area contributed by atoms with Crippen LogP contribution in [-0.4, -0.2) is 16.9 Å². The van der Waals surface area contributed by atoms with E-state index in [2.05, 4.69) is 22.4 Å². The molecule has 4 rings (SSSR count).